The van der Waals surface area contributed by atoms with Gasteiger partial charge in [-0.25, -0.2) is 0 Å². The minimum Gasteiger partial charge on any atom is -0.301 e. The highest BCUT2D eigenvalue weighted by atomic mass is 32.2. The maximum Gasteiger partial charge on any atom is 0.0149 e. The highest BCUT2D eigenvalue weighted by Gasteiger charge is 2.21. The average molecular weight is 201 g/mol. The maximum absolute atomic E-state index is 2.63. The van der Waals surface area contributed by atoms with E-state index in [4.69, 9.17) is 0 Å². The normalized spacial score (nSPS) is 31.2. The summed E-state index contributed by atoms with van der Waals surface area (Å²) < 4.78 is 0. The van der Waals surface area contributed by atoms with E-state index in [1.807, 2.05) is 0 Å². The molecule has 0 saturated carbocycles. The summed E-state index contributed by atoms with van der Waals surface area (Å²) in [5, 5.41) is 1.66. The van der Waals surface area contributed by atoms with Crippen LogP contribution in [-0.4, -0.2) is 35.0 Å². The van der Waals surface area contributed by atoms with E-state index >= 15 is 0 Å². The van der Waals surface area contributed by atoms with Gasteiger partial charge in [-0.3, -0.25) is 0 Å². The molecule has 0 aliphatic carbocycles. The van der Waals surface area contributed by atoms with E-state index < -0.39 is 0 Å². The molecule has 0 aromatic carbocycles. The van der Waals surface area contributed by atoms with Crippen molar-refractivity contribution in [1.29, 1.82) is 0 Å². The molecule has 0 spiro atoms. The van der Waals surface area contributed by atoms with Crippen molar-refractivity contribution < 1.29 is 0 Å². The van der Waals surface area contributed by atoms with Crippen LogP contribution in [0.15, 0.2) is 0 Å². The molecule has 1 saturated heterocycles. The molecule has 0 N–H and O–H groups in total. The molecule has 78 valence electrons. The largest absolute Gasteiger partial charge is 0.301 e. The third-order valence-corrected chi connectivity index (χ3v) is 3.75. The van der Waals surface area contributed by atoms with Crippen LogP contribution in [0.1, 0.15) is 34.1 Å². The Kier molecular flexibility index (Phi) is 4.60. The Balaban J connectivity index is 2.25. The fourth-order valence-electron chi connectivity index (χ4n) is 1.91. The van der Waals surface area contributed by atoms with E-state index in [1.165, 1.54) is 26.1 Å². The summed E-state index contributed by atoms with van der Waals surface area (Å²) in [6, 6.07) is 0. The smallest absolute Gasteiger partial charge is 0.0149 e. The van der Waals surface area contributed by atoms with Crippen LogP contribution >= 0.6 is 11.8 Å². The zero-order valence-corrected chi connectivity index (χ0v) is 10.2. The van der Waals surface area contributed by atoms with Crippen molar-refractivity contribution in [3.8, 4) is 0 Å². The van der Waals surface area contributed by atoms with E-state index in [1.54, 1.807) is 0 Å². The first kappa shape index (κ1) is 11.4. The number of nitrogens with zero attached hydrogens (tertiary/aromatic N) is 1. The van der Waals surface area contributed by atoms with Crippen LogP contribution in [0.5, 0.6) is 0 Å². The minimum absolute atomic E-state index is 0.830. The highest BCUT2D eigenvalue weighted by Crippen LogP contribution is 2.24. The number of hydrogen-bond acceptors (Lipinski definition) is 2. The lowest BCUT2D eigenvalue weighted by atomic mass is 10.1. The standard InChI is InChI=1S/C11H23NS/c1-9(2)5-6-12-7-10(3)13-11(4)8-12/h9-11H,5-8H2,1-4H3. The zero-order chi connectivity index (χ0) is 9.84. The molecule has 0 aromatic heterocycles. The van der Waals surface area contributed by atoms with Gasteiger partial charge < -0.3 is 4.90 Å². The summed E-state index contributed by atoms with van der Waals surface area (Å²) >= 11 is 2.14. The van der Waals surface area contributed by atoms with Gasteiger partial charge in [0.05, 0.1) is 0 Å². The van der Waals surface area contributed by atoms with Gasteiger partial charge >= 0.3 is 0 Å². The summed E-state index contributed by atoms with van der Waals surface area (Å²) in [4.78, 5) is 2.63. The monoisotopic (exact) mass is 201 g/mol. The van der Waals surface area contributed by atoms with Crippen LogP contribution < -0.4 is 0 Å². The molecule has 1 rings (SSSR count). The van der Waals surface area contributed by atoms with Crippen LogP contribution in [-0.2, 0) is 0 Å². The lowest BCUT2D eigenvalue weighted by Crippen LogP contribution is -2.41. The minimum atomic E-state index is 0.830. The second-order valence-corrected chi connectivity index (χ2v) is 6.58. The average Bonchev–Trinajstić information content (AvgIpc) is 1.99. The molecule has 0 aromatic rings. The van der Waals surface area contributed by atoms with E-state index in [0.717, 1.165) is 16.4 Å². The van der Waals surface area contributed by atoms with E-state index in [2.05, 4.69) is 44.4 Å². The quantitative estimate of drug-likeness (QED) is 0.691. The summed E-state index contributed by atoms with van der Waals surface area (Å²) in [7, 11) is 0. The second kappa shape index (κ2) is 5.26. The molecule has 2 atom stereocenters. The fraction of sp³-hybridized carbons (Fsp3) is 1.00. The number of thioether (sulfide) groups is 1. The highest BCUT2D eigenvalue weighted by molar-refractivity contribution is 8.00. The Morgan fingerprint density at radius 2 is 1.77 bits per heavy atom. The number of rotatable bonds is 3. The molecule has 2 heteroatoms. The van der Waals surface area contributed by atoms with Gasteiger partial charge in [-0.05, 0) is 18.9 Å². The van der Waals surface area contributed by atoms with Gasteiger partial charge in [-0.2, -0.15) is 11.8 Å². The van der Waals surface area contributed by atoms with E-state index in [0.29, 0.717) is 0 Å². The number of hydrogen-bond donors (Lipinski definition) is 0. The van der Waals surface area contributed by atoms with E-state index in [9.17, 15) is 0 Å². The Bertz CT molecular complexity index is 137. The molecular weight excluding hydrogens is 178 g/mol. The first-order chi connectivity index (χ1) is 6.08. The topological polar surface area (TPSA) is 3.24 Å². The van der Waals surface area contributed by atoms with Gasteiger partial charge in [0.25, 0.3) is 0 Å². The Morgan fingerprint density at radius 1 is 1.23 bits per heavy atom. The third-order valence-electron chi connectivity index (χ3n) is 2.52. The van der Waals surface area contributed by atoms with Crippen molar-refractivity contribution in [3.05, 3.63) is 0 Å². The molecule has 1 aliphatic heterocycles. The molecule has 1 nitrogen and oxygen atoms in total. The van der Waals surface area contributed by atoms with Gasteiger partial charge in [-0.15, -0.1) is 0 Å². The molecule has 0 bridgehead atoms. The van der Waals surface area contributed by atoms with Crippen molar-refractivity contribution >= 4 is 11.8 Å². The van der Waals surface area contributed by atoms with Crippen LogP contribution in [0.2, 0.25) is 0 Å². The molecule has 1 heterocycles. The van der Waals surface area contributed by atoms with Crippen LogP contribution in [0.4, 0.5) is 0 Å². The summed E-state index contributed by atoms with van der Waals surface area (Å²) in [6.07, 6.45) is 1.35. The Morgan fingerprint density at radius 3 is 2.23 bits per heavy atom. The fourth-order valence-corrected chi connectivity index (χ4v) is 3.29. The second-order valence-electron chi connectivity index (χ2n) is 4.70. The summed E-state index contributed by atoms with van der Waals surface area (Å²) in [5.74, 6) is 0.847. The predicted molar refractivity (Wildman–Crippen MR) is 62.4 cm³/mol. The molecule has 2 unspecified atom stereocenters. The van der Waals surface area contributed by atoms with E-state index in [-0.39, 0.29) is 0 Å². The molecule has 1 aliphatic rings. The van der Waals surface area contributed by atoms with Crippen molar-refractivity contribution in [3.63, 3.8) is 0 Å². The van der Waals surface area contributed by atoms with Crippen LogP contribution in [0.3, 0.4) is 0 Å². The zero-order valence-electron chi connectivity index (χ0n) is 9.42. The Labute approximate surface area is 87.3 Å². The van der Waals surface area contributed by atoms with Crippen molar-refractivity contribution in [1.82, 2.24) is 4.90 Å². The maximum atomic E-state index is 2.63. The van der Waals surface area contributed by atoms with Crippen molar-refractivity contribution in [2.24, 2.45) is 5.92 Å². The molecule has 1 fully saturated rings. The van der Waals surface area contributed by atoms with Crippen LogP contribution in [0, 0.1) is 5.92 Å². The summed E-state index contributed by atoms with van der Waals surface area (Å²) in [5.41, 5.74) is 0. The van der Waals surface area contributed by atoms with Gasteiger partial charge in [0.2, 0.25) is 0 Å². The van der Waals surface area contributed by atoms with Gasteiger partial charge in [0, 0.05) is 23.6 Å². The molecule has 0 amide bonds. The molecular formula is C11H23NS. The lowest BCUT2D eigenvalue weighted by Gasteiger charge is -2.34. The van der Waals surface area contributed by atoms with Gasteiger partial charge in [-0.1, -0.05) is 27.7 Å². The first-order valence-corrected chi connectivity index (χ1v) is 6.40. The van der Waals surface area contributed by atoms with Crippen molar-refractivity contribution in [2.45, 2.75) is 44.6 Å². The first-order valence-electron chi connectivity index (χ1n) is 5.45. The van der Waals surface area contributed by atoms with Gasteiger partial charge in [0.1, 0.15) is 0 Å². The summed E-state index contributed by atoms with van der Waals surface area (Å²) in [6.45, 7) is 13.2. The molecule has 13 heavy (non-hydrogen) atoms. The van der Waals surface area contributed by atoms with Crippen LogP contribution in [0.25, 0.3) is 0 Å². The van der Waals surface area contributed by atoms with Gasteiger partial charge in [0.15, 0.2) is 0 Å². The molecule has 0 radical (unpaired) electrons. The SMILES string of the molecule is CC(C)CCN1CC(C)SC(C)C1. The van der Waals surface area contributed by atoms with Crippen molar-refractivity contribution in [2.75, 3.05) is 19.6 Å². The Hall–Kier alpha value is 0.310. The predicted octanol–water partition coefficient (Wildman–Crippen LogP) is 2.86. The third kappa shape index (κ3) is 4.37. The lowest BCUT2D eigenvalue weighted by molar-refractivity contribution is 0.255.